The summed E-state index contributed by atoms with van der Waals surface area (Å²) in [5, 5.41) is 3.36. The largest absolute Gasteiger partial charge is 0.486 e. The van der Waals surface area contributed by atoms with Gasteiger partial charge in [0, 0.05) is 27.2 Å². The monoisotopic (exact) mass is 518 g/mol. The third-order valence-corrected chi connectivity index (χ3v) is 5.77. The Hall–Kier alpha value is -3.91. The van der Waals surface area contributed by atoms with Crippen LogP contribution in [-0.2, 0) is 9.53 Å². The van der Waals surface area contributed by atoms with Crippen molar-refractivity contribution >= 4 is 44.4 Å². The molecule has 5 rings (SSSR count). The number of nitrogens with one attached hydrogen (secondary N) is 1. The smallest absolute Gasteiger partial charge is 0.339 e. The molecular weight excluding hydrogens is 500 g/mol. The lowest BCUT2D eigenvalue weighted by molar-refractivity contribution is -0.119. The van der Waals surface area contributed by atoms with Gasteiger partial charge in [0.25, 0.3) is 5.91 Å². The molecule has 1 amide bonds. The molecule has 1 aliphatic rings. The summed E-state index contributed by atoms with van der Waals surface area (Å²) in [4.78, 5) is 30.1. The van der Waals surface area contributed by atoms with Gasteiger partial charge < -0.3 is 19.5 Å². The van der Waals surface area contributed by atoms with Gasteiger partial charge in [-0.25, -0.2) is 9.78 Å². The number of aromatic nitrogens is 1. The molecular formula is C26H19BrN2O5. The van der Waals surface area contributed by atoms with Gasteiger partial charge in [0.1, 0.15) is 13.2 Å². The Morgan fingerprint density at radius 2 is 1.71 bits per heavy atom. The van der Waals surface area contributed by atoms with Gasteiger partial charge in [0.15, 0.2) is 18.1 Å². The number of carbonyl (C=O) groups excluding carboxylic acids is 2. The van der Waals surface area contributed by atoms with E-state index in [2.05, 4.69) is 26.2 Å². The van der Waals surface area contributed by atoms with Crippen LogP contribution in [0.15, 0.2) is 77.3 Å². The number of para-hydroxylation sites is 1. The number of nitrogens with zero attached hydrogens (tertiary/aromatic N) is 1. The minimum Gasteiger partial charge on any atom is -0.486 e. The molecule has 4 aromatic rings. The molecule has 8 heteroatoms. The maximum Gasteiger partial charge on any atom is 0.339 e. The number of amides is 1. The molecule has 1 N–H and O–H groups in total. The number of hydrogen-bond donors (Lipinski definition) is 1. The molecule has 0 bridgehead atoms. The van der Waals surface area contributed by atoms with E-state index in [1.165, 1.54) is 0 Å². The number of pyridine rings is 1. The first-order valence-corrected chi connectivity index (χ1v) is 11.4. The summed E-state index contributed by atoms with van der Waals surface area (Å²) in [6.07, 6.45) is 0. The molecule has 34 heavy (non-hydrogen) atoms. The number of benzene rings is 3. The van der Waals surface area contributed by atoms with E-state index in [-0.39, 0.29) is 0 Å². The van der Waals surface area contributed by atoms with Crippen LogP contribution >= 0.6 is 15.9 Å². The second-order valence-electron chi connectivity index (χ2n) is 7.56. The van der Waals surface area contributed by atoms with E-state index in [1.807, 2.05) is 42.5 Å². The molecule has 0 saturated carbocycles. The van der Waals surface area contributed by atoms with Gasteiger partial charge in [-0.15, -0.1) is 0 Å². The van der Waals surface area contributed by atoms with Crippen molar-refractivity contribution in [2.75, 3.05) is 25.1 Å². The predicted molar refractivity (Wildman–Crippen MR) is 131 cm³/mol. The number of anilines is 1. The fraction of sp³-hybridized carbons (Fsp3) is 0.115. The van der Waals surface area contributed by atoms with Crippen molar-refractivity contribution in [2.45, 2.75) is 0 Å². The molecule has 0 atom stereocenters. The third-order valence-electron chi connectivity index (χ3n) is 5.24. The lowest BCUT2D eigenvalue weighted by atomic mass is 10.0. The second kappa shape index (κ2) is 9.52. The Balaban J connectivity index is 1.33. The number of rotatable bonds is 5. The lowest BCUT2D eigenvalue weighted by Gasteiger charge is -2.19. The van der Waals surface area contributed by atoms with Gasteiger partial charge in [-0.05, 0) is 36.4 Å². The van der Waals surface area contributed by atoms with Crippen molar-refractivity contribution in [1.82, 2.24) is 4.98 Å². The summed E-state index contributed by atoms with van der Waals surface area (Å²) in [6.45, 7) is 0.504. The summed E-state index contributed by atoms with van der Waals surface area (Å²) in [5.74, 6) is 0.123. The van der Waals surface area contributed by atoms with Crippen LogP contribution in [0.2, 0.25) is 0 Å². The molecule has 0 spiro atoms. The Kier molecular flexibility index (Phi) is 6.14. The van der Waals surface area contributed by atoms with E-state index in [0.717, 1.165) is 10.0 Å². The first kappa shape index (κ1) is 21.9. The standard InChI is InChI=1S/C26H19BrN2O5/c27-17-7-5-16(6-8-17)22-14-20(19-3-1-2-4-21(19)29-22)26(31)34-15-25(30)28-18-9-10-23-24(13-18)33-12-11-32-23/h1-10,13-14H,11-12,15H2,(H,28,30). The Morgan fingerprint density at radius 1 is 0.941 bits per heavy atom. The molecule has 0 fully saturated rings. The third kappa shape index (κ3) is 4.72. The first-order valence-electron chi connectivity index (χ1n) is 10.6. The van der Waals surface area contributed by atoms with Gasteiger partial charge >= 0.3 is 5.97 Å². The molecule has 1 aliphatic heterocycles. The summed E-state index contributed by atoms with van der Waals surface area (Å²) in [7, 11) is 0. The van der Waals surface area contributed by atoms with Crippen LogP contribution in [0.4, 0.5) is 5.69 Å². The van der Waals surface area contributed by atoms with Crippen LogP contribution in [0.25, 0.3) is 22.2 Å². The number of fused-ring (bicyclic) bond motifs is 2. The maximum absolute atomic E-state index is 13.0. The molecule has 1 aromatic heterocycles. The highest BCUT2D eigenvalue weighted by atomic mass is 79.9. The van der Waals surface area contributed by atoms with Crippen LogP contribution < -0.4 is 14.8 Å². The zero-order valence-electron chi connectivity index (χ0n) is 17.9. The second-order valence-corrected chi connectivity index (χ2v) is 8.48. The van der Waals surface area contributed by atoms with Gasteiger partial charge in [-0.3, -0.25) is 4.79 Å². The normalized spacial score (nSPS) is 12.3. The number of hydrogen-bond acceptors (Lipinski definition) is 6. The molecule has 0 unspecified atom stereocenters. The number of esters is 1. The van der Waals surface area contributed by atoms with E-state index in [0.29, 0.717) is 52.6 Å². The average Bonchev–Trinajstić information content (AvgIpc) is 2.87. The summed E-state index contributed by atoms with van der Waals surface area (Å²) in [6, 6.07) is 21.8. The van der Waals surface area contributed by atoms with E-state index in [1.54, 1.807) is 30.3 Å². The molecule has 0 saturated heterocycles. The Labute approximate surface area is 203 Å². The molecule has 2 heterocycles. The van der Waals surface area contributed by atoms with Crippen LogP contribution in [0.3, 0.4) is 0 Å². The van der Waals surface area contributed by atoms with Crippen LogP contribution in [-0.4, -0.2) is 36.7 Å². The van der Waals surface area contributed by atoms with Crippen molar-refractivity contribution in [2.24, 2.45) is 0 Å². The highest BCUT2D eigenvalue weighted by Crippen LogP contribution is 2.32. The average molecular weight is 519 g/mol. The topological polar surface area (TPSA) is 86.8 Å². The quantitative estimate of drug-likeness (QED) is 0.364. The van der Waals surface area contributed by atoms with Crippen molar-refractivity contribution in [3.05, 3.63) is 82.8 Å². The van der Waals surface area contributed by atoms with Gasteiger partial charge in [0.2, 0.25) is 0 Å². The summed E-state index contributed by atoms with van der Waals surface area (Å²) in [5.41, 5.74) is 3.03. The van der Waals surface area contributed by atoms with Crippen molar-refractivity contribution in [1.29, 1.82) is 0 Å². The Bertz CT molecular complexity index is 1390. The highest BCUT2D eigenvalue weighted by molar-refractivity contribution is 9.10. The van der Waals surface area contributed by atoms with Gasteiger partial charge in [-0.2, -0.15) is 0 Å². The van der Waals surface area contributed by atoms with Crippen LogP contribution in [0.1, 0.15) is 10.4 Å². The van der Waals surface area contributed by atoms with E-state index in [9.17, 15) is 9.59 Å². The molecule has 0 aliphatic carbocycles. The highest BCUT2D eigenvalue weighted by Gasteiger charge is 2.17. The molecule has 7 nitrogen and oxygen atoms in total. The van der Waals surface area contributed by atoms with Gasteiger partial charge in [0.05, 0.1) is 16.8 Å². The number of ether oxygens (including phenoxy) is 3. The lowest BCUT2D eigenvalue weighted by Crippen LogP contribution is -2.21. The fourth-order valence-electron chi connectivity index (χ4n) is 3.64. The minimum atomic E-state index is -0.603. The van der Waals surface area contributed by atoms with Crippen molar-refractivity contribution < 1.29 is 23.8 Å². The van der Waals surface area contributed by atoms with E-state index < -0.39 is 18.5 Å². The van der Waals surface area contributed by atoms with E-state index >= 15 is 0 Å². The number of halogens is 1. The van der Waals surface area contributed by atoms with Crippen molar-refractivity contribution in [3.63, 3.8) is 0 Å². The molecule has 0 radical (unpaired) electrons. The molecule has 170 valence electrons. The van der Waals surface area contributed by atoms with E-state index in [4.69, 9.17) is 14.2 Å². The Morgan fingerprint density at radius 3 is 2.53 bits per heavy atom. The van der Waals surface area contributed by atoms with Crippen LogP contribution in [0, 0.1) is 0 Å². The SMILES string of the molecule is O=C(COC(=O)c1cc(-c2ccc(Br)cc2)nc2ccccc12)Nc1ccc2c(c1)OCCO2. The predicted octanol–water partition coefficient (Wildman–Crippen LogP) is 5.23. The summed E-state index contributed by atoms with van der Waals surface area (Å²) >= 11 is 3.43. The maximum atomic E-state index is 13.0. The fourth-order valence-corrected chi connectivity index (χ4v) is 3.90. The number of carbonyl (C=O) groups is 2. The first-order chi connectivity index (χ1) is 16.6. The zero-order chi connectivity index (χ0) is 23.5. The molecule has 3 aromatic carbocycles. The van der Waals surface area contributed by atoms with Crippen molar-refractivity contribution in [3.8, 4) is 22.8 Å². The van der Waals surface area contributed by atoms with Crippen LogP contribution in [0.5, 0.6) is 11.5 Å². The summed E-state index contributed by atoms with van der Waals surface area (Å²) < 4.78 is 17.3. The van der Waals surface area contributed by atoms with Gasteiger partial charge in [-0.1, -0.05) is 46.3 Å². The zero-order valence-corrected chi connectivity index (χ0v) is 19.5. The minimum absolute atomic E-state index is 0.343.